The van der Waals surface area contributed by atoms with E-state index in [1.54, 1.807) is 12.4 Å². The SMILES string of the molecule is Brc1cc(Br)cc(-c2nc(-c3ccccc3)nc(-c3ccc(-c4ccncc4)cc3)n2)c1. The van der Waals surface area contributed by atoms with Crippen LogP contribution in [0.4, 0.5) is 0 Å². The van der Waals surface area contributed by atoms with Crippen molar-refractivity contribution in [1.82, 2.24) is 19.9 Å². The molecule has 5 rings (SSSR count). The molecule has 4 nitrogen and oxygen atoms in total. The highest BCUT2D eigenvalue weighted by atomic mass is 79.9. The van der Waals surface area contributed by atoms with Crippen molar-refractivity contribution in [2.24, 2.45) is 0 Å². The Hall–Kier alpha value is -3.22. The van der Waals surface area contributed by atoms with Crippen LogP contribution in [0, 0.1) is 0 Å². The fraction of sp³-hybridized carbons (Fsp3) is 0. The Labute approximate surface area is 202 Å². The van der Waals surface area contributed by atoms with Crippen LogP contribution in [-0.4, -0.2) is 19.9 Å². The summed E-state index contributed by atoms with van der Waals surface area (Å²) in [6.45, 7) is 0. The first-order chi connectivity index (χ1) is 15.7. The Kier molecular flexibility index (Phi) is 5.88. The van der Waals surface area contributed by atoms with Gasteiger partial charge in [-0.05, 0) is 41.5 Å². The van der Waals surface area contributed by atoms with Gasteiger partial charge in [0.25, 0.3) is 0 Å². The van der Waals surface area contributed by atoms with Gasteiger partial charge < -0.3 is 0 Å². The number of pyridine rings is 1. The average molecular weight is 544 g/mol. The molecule has 2 aromatic heterocycles. The Morgan fingerprint density at radius 2 is 0.906 bits per heavy atom. The van der Waals surface area contributed by atoms with Crippen LogP contribution in [0.2, 0.25) is 0 Å². The second kappa shape index (κ2) is 9.10. The van der Waals surface area contributed by atoms with Crippen molar-refractivity contribution in [2.45, 2.75) is 0 Å². The summed E-state index contributed by atoms with van der Waals surface area (Å²) in [7, 11) is 0. The molecule has 0 saturated carbocycles. The first-order valence-electron chi connectivity index (χ1n) is 9.94. The summed E-state index contributed by atoms with van der Waals surface area (Å²) in [5.74, 6) is 1.89. The number of aromatic nitrogens is 4. The Morgan fingerprint density at radius 3 is 1.50 bits per heavy atom. The number of benzene rings is 3. The van der Waals surface area contributed by atoms with Gasteiger partial charge >= 0.3 is 0 Å². The van der Waals surface area contributed by atoms with Crippen LogP contribution in [-0.2, 0) is 0 Å². The Morgan fingerprint density at radius 1 is 0.438 bits per heavy atom. The average Bonchev–Trinajstić information content (AvgIpc) is 2.84. The zero-order chi connectivity index (χ0) is 21.9. The van der Waals surface area contributed by atoms with Crippen LogP contribution in [0.3, 0.4) is 0 Å². The standard InChI is InChI=1S/C26H16Br2N4/c27-22-14-21(15-23(28)16-22)26-31-24(19-4-2-1-3-5-19)30-25(32-26)20-8-6-17(7-9-20)18-10-12-29-13-11-18/h1-16H. The summed E-state index contributed by atoms with van der Waals surface area (Å²) in [6, 6.07) is 28.2. The third kappa shape index (κ3) is 4.52. The molecule has 3 aromatic carbocycles. The van der Waals surface area contributed by atoms with E-state index in [1.807, 2.05) is 72.8 Å². The molecule has 0 aliphatic rings. The molecule has 0 saturated heterocycles. The van der Waals surface area contributed by atoms with Crippen molar-refractivity contribution in [1.29, 1.82) is 0 Å². The first kappa shape index (κ1) is 20.7. The lowest BCUT2D eigenvalue weighted by molar-refractivity contribution is 1.07. The summed E-state index contributed by atoms with van der Waals surface area (Å²) in [5.41, 5.74) is 5.01. The molecule has 0 bridgehead atoms. The van der Waals surface area contributed by atoms with Gasteiger partial charge in [0.05, 0.1) is 0 Å². The van der Waals surface area contributed by atoms with Crippen molar-refractivity contribution in [2.75, 3.05) is 0 Å². The molecule has 0 unspecified atom stereocenters. The van der Waals surface area contributed by atoms with Crippen LogP contribution >= 0.6 is 31.9 Å². The van der Waals surface area contributed by atoms with Crippen LogP contribution in [0.1, 0.15) is 0 Å². The van der Waals surface area contributed by atoms with Gasteiger partial charge in [-0.25, -0.2) is 15.0 Å². The van der Waals surface area contributed by atoms with E-state index < -0.39 is 0 Å². The summed E-state index contributed by atoms with van der Waals surface area (Å²) >= 11 is 7.12. The highest BCUT2D eigenvalue weighted by molar-refractivity contribution is 9.11. The topological polar surface area (TPSA) is 51.6 Å². The fourth-order valence-electron chi connectivity index (χ4n) is 3.39. The minimum absolute atomic E-state index is 0.620. The summed E-state index contributed by atoms with van der Waals surface area (Å²) in [6.07, 6.45) is 3.59. The fourth-order valence-corrected chi connectivity index (χ4v) is 4.68. The molecule has 0 N–H and O–H groups in total. The molecule has 5 aromatic rings. The molecule has 0 radical (unpaired) electrons. The smallest absolute Gasteiger partial charge is 0.164 e. The van der Waals surface area contributed by atoms with Gasteiger partial charge in [0, 0.05) is 38.0 Å². The van der Waals surface area contributed by atoms with E-state index in [1.165, 1.54) is 0 Å². The number of halogens is 2. The molecule has 0 atom stereocenters. The summed E-state index contributed by atoms with van der Waals surface area (Å²) < 4.78 is 1.90. The van der Waals surface area contributed by atoms with Crippen LogP contribution in [0.15, 0.2) is 106 Å². The lowest BCUT2D eigenvalue weighted by Gasteiger charge is -2.09. The van der Waals surface area contributed by atoms with Crippen LogP contribution in [0.25, 0.3) is 45.3 Å². The molecule has 2 heterocycles. The van der Waals surface area contributed by atoms with Crippen molar-refractivity contribution >= 4 is 31.9 Å². The predicted molar refractivity (Wildman–Crippen MR) is 135 cm³/mol. The van der Waals surface area contributed by atoms with Crippen molar-refractivity contribution in [3.63, 3.8) is 0 Å². The molecule has 0 fully saturated rings. The highest BCUT2D eigenvalue weighted by Gasteiger charge is 2.13. The monoisotopic (exact) mass is 542 g/mol. The zero-order valence-electron chi connectivity index (χ0n) is 16.8. The van der Waals surface area contributed by atoms with Gasteiger partial charge in [-0.15, -0.1) is 0 Å². The number of hydrogen-bond acceptors (Lipinski definition) is 4. The maximum Gasteiger partial charge on any atom is 0.164 e. The van der Waals surface area contributed by atoms with Crippen LogP contribution < -0.4 is 0 Å². The molecular weight excluding hydrogens is 528 g/mol. The minimum atomic E-state index is 0.620. The zero-order valence-corrected chi connectivity index (χ0v) is 20.0. The molecule has 0 spiro atoms. The van der Waals surface area contributed by atoms with E-state index in [0.29, 0.717) is 17.5 Å². The lowest BCUT2D eigenvalue weighted by atomic mass is 10.0. The molecule has 0 aliphatic carbocycles. The van der Waals surface area contributed by atoms with Crippen molar-refractivity contribution < 1.29 is 0 Å². The van der Waals surface area contributed by atoms with Gasteiger partial charge in [0.15, 0.2) is 17.5 Å². The third-order valence-electron chi connectivity index (χ3n) is 4.94. The van der Waals surface area contributed by atoms with Gasteiger partial charge in [-0.3, -0.25) is 4.98 Å². The second-order valence-corrected chi connectivity index (χ2v) is 8.97. The summed E-state index contributed by atoms with van der Waals surface area (Å²) in [4.78, 5) is 18.5. The molecule has 6 heteroatoms. The van der Waals surface area contributed by atoms with Gasteiger partial charge in [-0.2, -0.15) is 0 Å². The van der Waals surface area contributed by atoms with Gasteiger partial charge in [-0.1, -0.05) is 86.5 Å². The molecular formula is C26H16Br2N4. The maximum absolute atomic E-state index is 4.81. The first-order valence-corrected chi connectivity index (χ1v) is 11.5. The van der Waals surface area contributed by atoms with E-state index >= 15 is 0 Å². The number of nitrogens with zero attached hydrogens (tertiary/aromatic N) is 4. The van der Waals surface area contributed by atoms with Crippen LogP contribution in [0.5, 0.6) is 0 Å². The quantitative estimate of drug-likeness (QED) is 0.236. The van der Waals surface area contributed by atoms with E-state index in [4.69, 9.17) is 15.0 Å². The predicted octanol–water partition coefficient (Wildman–Crippen LogP) is 7.46. The molecule has 32 heavy (non-hydrogen) atoms. The van der Waals surface area contributed by atoms with Gasteiger partial charge in [0.2, 0.25) is 0 Å². The third-order valence-corrected chi connectivity index (χ3v) is 5.86. The second-order valence-electron chi connectivity index (χ2n) is 7.14. The highest BCUT2D eigenvalue weighted by Crippen LogP contribution is 2.29. The van der Waals surface area contributed by atoms with Gasteiger partial charge in [0.1, 0.15) is 0 Å². The molecule has 154 valence electrons. The Bertz CT molecular complexity index is 1350. The van der Waals surface area contributed by atoms with E-state index in [2.05, 4.69) is 49.0 Å². The van der Waals surface area contributed by atoms with Crippen molar-refractivity contribution in [3.05, 3.63) is 106 Å². The van der Waals surface area contributed by atoms with E-state index in [-0.39, 0.29) is 0 Å². The van der Waals surface area contributed by atoms with Crippen molar-refractivity contribution in [3.8, 4) is 45.3 Å². The van der Waals surface area contributed by atoms with E-state index in [9.17, 15) is 0 Å². The summed E-state index contributed by atoms with van der Waals surface area (Å²) in [5, 5.41) is 0. The Balaban J connectivity index is 1.63. The largest absolute Gasteiger partial charge is 0.265 e. The molecule has 0 amide bonds. The van der Waals surface area contributed by atoms with E-state index in [0.717, 1.165) is 36.8 Å². The number of hydrogen-bond donors (Lipinski definition) is 0. The maximum atomic E-state index is 4.81. The minimum Gasteiger partial charge on any atom is -0.265 e. The lowest BCUT2D eigenvalue weighted by Crippen LogP contribution is -2.00. The normalized spacial score (nSPS) is 10.8. The number of rotatable bonds is 4. The molecule has 0 aliphatic heterocycles.